The fourth-order valence-electron chi connectivity index (χ4n) is 1.87. The quantitative estimate of drug-likeness (QED) is 0.523. The zero-order chi connectivity index (χ0) is 13.2. The third kappa shape index (κ3) is 6.03. The molecular weight excluding hydrogens is 226 g/mol. The highest BCUT2D eigenvalue weighted by molar-refractivity contribution is 5.41. The molecule has 18 heavy (non-hydrogen) atoms. The third-order valence-corrected chi connectivity index (χ3v) is 2.96. The molecule has 1 unspecified atom stereocenters. The van der Waals surface area contributed by atoms with Crippen LogP contribution in [0, 0.1) is 0 Å². The fourth-order valence-corrected chi connectivity index (χ4v) is 1.87. The summed E-state index contributed by atoms with van der Waals surface area (Å²) in [6.07, 6.45) is 5.54. The van der Waals surface area contributed by atoms with Gasteiger partial charge in [0.05, 0.1) is 6.61 Å². The predicted molar refractivity (Wildman–Crippen MR) is 75.4 cm³/mol. The van der Waals surface area contributed by atoms with Crippen LogP contribution in [0.1, 0.15) is 50.7 Å². The molecule has 3 nitrogen and oxygen atoms in total. The Bertz CT molecular complexity index is 328. The molecule has 3 heteroatoms. The van der Waals surface area contributed by atoms with Crippen LogP contribution in [0.4, 0.5) is 5.69 Å². The number of benzene rings is 1. The van der Waals surface area contributed by atoms with Crippen molar-refractivity contribution >= 4 is 5.69 Å². The Morgan fingerprint density at radius 3 is 2.72 bits per heavy atom. The second-order valence-electron chi connectivity index (χ2n) is 4.68. The highest BCUT2D eigenvalue weighted by Gasteiger charge is 2.07. The Hall–Kier alpha value is -1.06. The molecule has 0 spiro atoms. The van der Waals surface area contributed by atoms with Crippen molar-refractivity contribution in [3.8, 4) is 0 Å². The van der Waals surface area contributed by atoms with Crippen LogP contribution in [-0.4, -0.2) is 18.3 Å². The third-order valence-electron chi connectivity index (χ3n) is 2.96. The van der Waals surface area contributed by atoms with Crippen molar-refractivity contribution < 1.29 is 9.84 Å². The molecule has 0 bridgehead atoms. The normalized spacial score (nSPS) is 12.6. The molecular formula is C15H25NO2. The van der Waals surface area contributed by atoms with Crippen LogP contribution in [0.25, 0.3) is 0 Å². The molecule has 0 aromatic heterocycles. The number of aliphatic hydroxyl groups excluding tert-OH is 1. The lowest BCUT2D eigenvalue weighted by molar-refractivity contribution is 0.0345. The van der Waals surface area contributed by atoms with E-state index >= 15 is 0 Å². The Balaban J connectivity index is 2.12. The second kappa shape index (κ2) is 8.95. The van der Waals surface area contributed by atoms with Gasteiger partial charge in [0.1, 0.15) is 6.10 Å². The van der Waals surface area contributed by atoms with E-state index in [9.17, 15) is 5.11 Å². The van der Waals surface area contributed by atoms with E-state index in [0.717, 1.165) is 18.6 Å². The van der Waals surface area contributed by atoms with E-state index in [1.165, 1.54) is 25.7 Å². The Morgan fingerprint density at radius 2 is 2.00 bits per heavy atom. The lowest BCUT2D eigenvalue weighted by Crippen LogP contribution is -2.08. The smallest absolute Gasteiger partial charge is 0.102 e. The van der Waals surface area contributed by atoms with Crippen LogP contribution < -0.4 is 5.73 Å². The molecule has 0 aliphatic carbocycles. The number of hydrogen-bond donors (Lipinski definition) is 2. The highest BCUT2D eigenvalue weighted by Crippen LogP contribution is 2.16. The minimum atomic E-state index is -0.579. The lowest BCUT2D eigenvalue weighted by atomic mass is 10.1. The number of rotatable bonds is 9. The first-order chi connectivity index (χ1) is 8.74. The zero-order valence-corrected chi connectivity index (χ0v) is 11.3. The molecule has 0 aliphatic heterocycles. The van der Waals surface area contributed by atoms with Crippen LogP contribution in [0.3, 0.4) is 0 Å². The fraction of sp³-hybridized carbons (Fsp3) is 0.600. The maximum absolute atomic E-state index is 9.91. The predicted octanol–water partition coefficient (Wildman–Crippen LogP) is 3.29. The first kappa shape index (κ1) is 15.0. The molecule has 1 rings (SSSR count). The first-order valence-electron chi connectivity index (χ1n) is 6.85. The second-order valence-corrected chi connectivity index (χ2v) is 4.68. The molecule has 1 atom stereocenters. The first-order valence-corrected chi connectivity index (χ1v) is 6.85. The molecule has 0 saturated carbocycles. The van der Waals surface area contributed by atoms with Gasteiger partial charge in [0.2, 0.25) is 0 Å². The molecule has 0 fully saturated rings. The van der Waals surface area contributed by atoms with Gasteiger partial charge >= 0.3 is 0 Å². The van der Waals surface area contributed by atoms with Gasteiger partial charge in [-0.25, -0.2) is 0 Å². The van der Waals surface area contributed by atoms with Crippen LogP contribution in [-0.2, 0) is 4.74 Å². The summed E-state index contributed by atoms with van der Waals surface area (Å²) in [7, 11) is 0. The van der Waals surface area contributed by atoms with Crippen LogP contribution in [0.15, 0.2) is 24.3 Å². The molecule has 0 radical (unpaired) electrons. The van der Waals surface area contributed by atoms with Gasteiger partial charge in [0.15, 0.2) is 0 Å². The summed E-state index contributed by atoms with van der Waals surface area (Å²) < 4.78 is 5.48. The standard InChI is InChI=1S/C15H25NO2/c1-2-3-4-5-6-10-18-12-15(17)13-8-7-9-14(16)11-13/h7-9,11,15,17H,2-6,10,12,16H2,1H3. The van der Waals surface area contributed by atoms with Crippen molar-refractivity contribution in [2.75, 3.05) is 18.9 Å². The molecule has 0 saturated heterocycles. The largest absolute Gasteiger partial charge is 0.399 e. The van der Waals surface area contributed by atoms with Gasteiger partial charge in [-0.05, 0) is 24.1 Å². The zero-order valence-electron chi connectivity index (χ0n) is 11.3. The molecule has 0 heterocycles. The van der Waals surface area contributed by atoms with Crippen molar-refractivity contribution in [3.05, 3.63) is 29.8 Å². The number of nitrogens with two attached hydrogens (primary N) is 1. The van der Waals surface area contributed by atoms with Gasteiger partial charge in [-0.2, -0.15) is 0 Å². The van der Waals surface area contributed by atoms with E-state index in [4.69, 9.17) is 10.5 Å². The topological polar surface area (TPSA) is 55.5 Å². The molecule has 0 amide bonds. The summed E-state index contributed by atoms with van der Waals surface area (Å²) in [5, 5.41) is 9.91. The van der Waals surface area contributed by atoms with Crippen LogP contribution >= 0.6 is 0 Å². The molecule has 1 aromatic rings. The van der Waals surface area contributed by atoms with Crippen molar-refractivity contribution in [1.29, 1.82) is 0 Å². The summed E-state index contributed by atoms with van der Waals surface area (Å²) in [5.41, 5.74) is 7.16. The molecule has 1 aromatic carbocycles. The average Bonchev–Trinajstić information content (AvgIpc) is 2.37. The Labute approximate surface area is 110 Å². The van der Waals surface area contributed by atoms with E-state index in [0.29, 0.717) is 12.3 Å². The summed E-state index contributed by atoms with van der Waals surface area (Å²) in [6, 6.07) is 7.31. The van der Waals surface area contributed by atoms with Crippen molar-refractivity contribution in [1.82, 2.24) is 0 Å². The summed E-state index contributed by atoms with van der Waals surface area (Å²) in [4.78, 5) is 0. The summed E-state index contributed by atoms with van der Waals surface area (Å²) in [6.45, 7) is 3.28. The van der Waals surface area contributed by atoms with Crippen LogP contribution in [0.5, 0.6) is 0 Å². The van der Waals surface area contributed by atoms with Gasteiger partial charge in [0.25, 0.3) is 0 Å². The van der Waals surface area contributed by atoms with Crippen molar-refractivity contribution in [2.45, 2.75) is 45.1 Å². The molecule has 102 valence electrons. The maximum atomic E-state index is 9.91. The molecule has 0 aliphatic rings. The van der Waals surface area contributed by atoms with Gasteiger partial charge in [-0.15, -0.1) is 0 Å². The van der Waals surface area contributed by atoms with Crippen molar-refractivity contribution in [2.24, 2.45) is 0 Å². The minimum Gasteiger partial charge on any atom is -0.399 e. The molecule has 3 N–H and O–H groups in total. The van der Waals surface area contributed by atoms with E-state index in [1.54, 1.807) is 6.07 Å². The minimum absolute atomic E-state index is 0.344. The summed E-state index contributed by atoms with van der Waals surface area (Å²) >= 11 is 0. The van der Waals surface area contributed by atoms with Gasteiger partial charge in [-0.1, -0.05) is 44.7 Å². The van der Waals surface area contributed by atoms with E-state index < -0.39 is 6.10 Å². The van der Waals surface area contributed by atoms with E-state index in [-0.39, 0.29) is 0 Å². The Kier molecular flexibility index (Phi) is 7.46. The van der Waals surface area contributed by atoms with E-state index in [2.05, 4.69) is 6.92 Å². The highest BCUT2D eigenvalue weighted by atomic mass is 16.5. The van der Waals surface area contributed by atoms with E-state index in [1.807, 2.05) is 18.2 Å². The SMILES string of the molecule is CCCCCCCOCC(O)c1cccc(N)c1. The number of hydrogen-bond acceptors (Lipinski definition) is 3. The van der Waals surface area contributed by atoms with Crippen LogP contribution in [0.2, 0.25) is 0 Å². The van der Waals surface area contributed by atoms with Crippen molar-refractivity contribution in [3.63, 3.8) is 0 Å². The lowest BCUT2D eigenvalue weighted by Gasteiger charge is -2.12. The number of anilines is 1. The van der Waals surface area contributed by atoms with Gasteiger partial charge in [0, 0.05) is 12.3 Å². The average molecular weight is 251 g/mol. The number of nitrogen functional groups attached to an aromatic ring is 1. The summed E-state index contributed by atoms with van der Waals surface area (Å²) in [5.74, 6) is 0. The number of unbranched alkanes of at least 4 members (excludes halogenated alkanes) is 4. The number of ether oxygens (including phenoxy) is 1. The number of aliphatic hydroxyl groups is 1. The Morgan fingerprint density at radius 1 is 1.22 bits per heavy atom. The maximum Gasteiger partial charge on any atom is 0.102 e. The van der Waals surface area contributed by atoms with Gasteiger partial charge < -0.3 is 15.6 Å². The van der Waals surface area contributed by atoms with Gasteiger partial charge in [-0.3, -0.25) is 0 Å². The monoisotopic (exact) mass is 251 g/mol.